The Balaban J connectivity index is 1.21. The first kappa shape index (κ1) is 31.4. The van der Waals surface area contributed by atoms with Gasteiger partial charge < -0.3 is 10.6 Å². The molecule has 0 bridgehead atoms. The standard InChI is InChI=1S/C24H20F7N9O2S/c25-15(11-40-12-18(36-39-40)20(41)34-9-16-7-13(3-5-32-16)23(26,27)28)1-2-19-37-38-22(43-19)21(42)35-10-17-8-14(4-6-33-17)24(29,30)31/h3-8,12,15H,1-2,9-11H2,(H,34,41)(H,35,42). The van der Waals surface area contributed by atoms with E-state index >= 15 is 0 Å². The van der Waals surface area contributed by atoms with Crippen molar-refractivity contribution in [2.75, 3.05) is 0 Å². The van der Waals surface area contributed by atoms with Crippen LogP contribution in [-0.2, 0) is 38.4 Å². The summed E-state index contributed by atoms with van der Waals surface area (Å²) in [6, 6.07) is 3.23. The van der Waals surface area contributed by atoms with Crippen LogP contribution in [0.1, 0.15) is 54.2 Å². The van der Waals surface area contributed by atoms with Gasteiger partial charge in [-0.3, -0.25) is 19.6 Å². The lowest BCUT2D eigenvalue weighted by Crippen LogP contribution is -2.24. The molecule has 0 aliphatic heterocycles. The molecular weight excluding hydrogens is 611 g/mol. The topological polar surface area (TPSA) is 140 Å². The maximum Gasteiger partial charge on any atom is 0.416 e. The molecule has 0 saturated carbocycles. The predicted octanol–water partition coefficient (Wildman–Crippen LogP) is 3.79. The molecule has 228 valence electrons. The van der Waals surface area contributed by atoms with E-state index in [-0.39, 0.29) is 54.6 Å². The number of carbonyl (C=O) groups is 2. The molecule has 4 rings (SSSR count). The molecule has 1 unspecified atom stereocenters. The first-order valence-corrected chi connectivity index (χ1v) is 13.1. The fourth-order valence-electron chi connectivity index (χ4n) is 3.52. The van der Waals surface area contributed by atoms with E-state index in [1.54, 1.807) is 0 Å². The van der Waals surface area contributed by atoms with Crippen molar-refractivity contribution in [2.45, 2.75) is 51.0 Å². The van der Waals surface area contributed by atoms with Crippen molar-refractivity contribution in [3.05, 3.63) is 81.1 Å². The van der Waals surface area contributed by atoms with Gasteiger partial charge in [-0.05, 0) is 30.7 Å². The third-order valence-electron chi connectivity index (χ3n) is 5.64. The number of nitrogens with one attached hydrogen (secondary N) is 2. The molecule has 0 radical (unpaired) electrons. The highest BCUT2D eigenvalue weighted by atomic mass is 32.1. The number of carbonyl (C=O) groups excluding carboxylic acids is 2. The van der Waals surface area contributed by atoms with E-state index in [9.17, 15) is 40.3 Å². The fraction of sp³-hybridized carbons (Fsp3) is 0.333. The fourth-order valence-corrected chi connectivity index (χ4v) is 4.29. The van der Waals surface area contributed by atoms with Crippen LogP contribution in [-0.4, -0.2) is 53.1 Å². The average Bonchev–Trinajstić information content (AvgIpc) is 3.63. The molecule has 11 nitrogen and oxygen atoms in total. The summed E-state index contributed by atoms with van der Waals surface area (Å²) >= 11 is 0.889. The Morgan fingerprint density at radius 3 is 2.02 bits per heavy atom. The molecule has 0 spiro atoms. The van der Waals surface area contributed by atoms with Gasteiger partial charge in [-0.25, -0.2) is 9.07 Å². The molecule has 2 amide bonds. The quantitative estimate of drug-likeness (QED) is 0.239. The summed E-state index contributed by atoms with van der Waals surface area (Å²) in [6.07, 6.45) is -7.38. The maximum atomic E-state index is 14.6. The number of halogens is 7. The summed E-state index contributed by atoms with van der Waals surface area (Å²) < 4.78 is 92.6. The summed E-state index contributed by atoms with van der Waals surface area (Å²) in [6.45, 7) is -0.846. The molecule has 0 aliphatic rings. The van der Waals surface area contributed by atoms with Gasteiger partial charge in [0.1, 0.15) is 11.2 Å². The number of amides is 2. The summed E-state index contributed by atoms with van der Waals surface area (Å²) in [5.74, 6) is -1.43. The van der Waals surface area contributed by atoms with Crippen molar-refractivity contribution in [3.8, 4) is 0 Å². The van der Waals surface area contributed by atoms with E-state index in [0.29, 0.717) is 5.01 Å². The molecule has 19 heteroatoms. The minimum atomic E-state index is -4.56. The van der Waals surface area contributed by atoms with Gasteiger partial charge in [0.05, 0.1) is 48.3 Å². The highest BCUT2D eigenvalue weighted by Crippen LogP contribution is 2.30. The number of aromatic nitrogens is 7. The van der Waals surface area contributed by atoms with Gasteiger partial charge in [0.25, 0.3) is 11.8 Å². The SMILES string of the molecule is O=C(NCc1cc(C(F)(F)F)ccn1)c1cn(CC(F)CCc2nnc(C(=O)NCc3cc(C(F)(F)F)ccn3)s2)nn1. The van der Waals surface area contributed by atoms with Gasteiger partial charge >= 0.3 is 12.4 Å². The number of alkyl halides is 7. The van der Waals surface area contributed by atoms with E-state index in [1.165, 1.54) is 6.20 Å². The Morgan fingerprint density at radius 2 is 1.44 bits per heavy atom. The van der Waals surface area contributed by atoms with Crippen LogP contribution >= 0.6 is 11.3 Å². The molecule has 0 aliphatic carbocycles. The van der Waals surface area contributed by atoms with E-state index in [4.69, 9.17) is 0 Å². The van der Waals surface area contributed by atoms with E-state index < -0.39 is 41.5 Å². The van der Waals surface area contributed by atoms with Gasteiger partial charge in [0.15, 0.2) is 5.69 Å². The molecule has 4 aromatic heterocycles. The van der Waals surface area contributed by atoms with Crippen LogP contribution < -0.4 is 10.6 Å². The molecule has 0 aromatic carbocycles. The second kappa shape index (κ2) is 13.2. The third kappa shape index (κ3) is 8.97. The third-order valence-corrected chi connectivity index (χ3v) is 6.62. The number of nitrogens with zero attached hydrogens (tertiary/aromatic N) is 7. The molecule has 1 atom stereocenters. The molecule has 4 heterocycles. The van der Waals surface area contributed by atoms with Crippen molar-refractivity contribution in [1.29, 1.82) is 0 Å². The molecule has 0 saturated heterocycles. The lowest BCUT2D eigenvalue weighted by atomic mass is 10.2. The molecular formula is C24H20F7N9O2S. The summed E-state index contributed by atoms with van der Waals surface area (Å²) in [5, 5.41) is 19.9. The summed E-state index contributed by atoms with van der Waals surface area (Å²) in [4.78, 5) is 32.2. The van der Waals surface area contributed by atoms with Crippen molar-refractivity contribution in [1.82, 2.24) is 45.8 Å². The minimum absolute atomic E-state index is 0.00494. The first-order valence-electron chi connectivity index (χ1n) is 12.2. The van der Waals surface area contributed by atoms with Crippen LogP contribution in [0, 0.1) is 0 Å². The zero-order valence-electron chi connectivity index (χ0n) is 21.7. The number of hydrogen-bond donors (Lipinski definition) is 2. The monoisotopic (exact) mass is 631 g/mol. The van der Waals surface area contributed by atoms with Crippen molar-refractivity contribution < 1.29 is 40.3 Å². The highest BCUT2D eigenvalue weighted by Gasteiger charge is 2.31. The van der Waals surface area contributed by atoms with Crippen LogP contribution in [0.4, 0.5) is 30.7 Å². The van der Waals surface area contributed by atoms with Crippen LogP contribution in [0.15, 0.2) is 42.9 Å². The van der Waals surface area contributed by atoms with Crippen molar-refractivity contribution in [2.24, 2.45) is 0 Å². The number of aryl methyl sites for hydroxylation is 1. The lowest BCUT2D eigenvalue weighted by molar-refractivity contribution is -0.138. The Hall–Kier alpha value is -4.55. The first-order chi connectivity index (χ1) is 20.3. The average molecular weight is 632 g/mol. The summed E-state index contributed by atoms with van der Waals surface area (Å²) in [7, 11) is 0. The van der Waals surface area contributed by atoms with Crippen LogP contribution in [0.2, 0.25) is 0 Å². The smallest absolute Gasteiger partial charge is 0.345 e. The van der Waals surface area contributed by atoms with Crippen LogP contribution in [0.5, 0.6) is 0 Å². The van der Waals surface area contributed by atoms with Gasteiger partial charge in [-0.1, -0.05) is 16.6 Å². The van der Waals surface area contributed by atoms with Gasteiger partial charge in [-0.2, -0.15) is 26.3 Å². The van der Waals surface area contributed by atoms with Gasteiger partial charge in [0.2, 0.25) is 5.01 Å². The van der Waals surface area contributed by atoms with Gasteiger partial charge in [-0.15, -0.1) is 15.3 Å². The Bertz CT molecular complexity index is 1570. The van der Waals surface area contributed by atoms with Crippen molar-refractivity contribution >= 4 is 23.2 Å². The molecule has 4 aromatic rings. The number of hydrogen-bond acceptors (Lipinski definition) is 9. The normalized spacial score (nSPS) is 12.6. The second-order valence-electron chi connectivity index (χ2n) is 8.90. The Morgan fingerprint density at radius 1 is 0.860 bits per heavy atom. The zero-order valence-corrected chi connectivity index (χ0v) is 22.5. The molecule has 0 fully saturated rings. The van der Waals surface area contributed by atoms with E-state index in [1.807, 2.05) is 0 Å². The Labute approximate surface area is 241 Å². The number of pyridine rings is 2. The zero-order chi connectivity index (χ0) is 31.2. The van der Waals surface area contributed by atoms with E-state index in [0.717, 1.165) is 52.7 Å². The molecule has 43 heavy (non-hydrogen) atoms. The maximum absolute atomic E-state index is 14.6. The van der Waals surface area contributed by atoms with Crippen molar-refractivity contribution in [3.63, 3.8) is 0 Å². The second-order valence-corrected chi connectivity index (χ2v) is 9.96. The van der Waals surface area contributed by atoms with E-state index in [2.05, 4.69) is 41.1 Å². The Kier molecular flexibility index (Phi) is 9.62. The minimum Gasteiger partial charge on any atom is -0.345 e. The predicted molar refractivity (Wildman–Crippen MR) is 134 cm³/mol. The molecule has 2 N–H and O–H groups in total. The summed E-state index contributed by atoms with van der Waals surface area (Å²) in [5.41, 5.74) is -2.02. The van der Waals surface area contributed by atoms with Crippen LogP contribution in [0.3, 0.4) is 0 Å². The largest absolute Gasteiger partial charge is 0.416 e. The van der Waals surface area contributed by atoms with Crippen LogP contribution in [0.25, 0.3) is 0 Å². The van der Waals surface area contributed by atoms with Gasteiger partial charge in [0, 0.05) is 18.8 Å². The highest BCUT2D eigenvalue weighted by molar-refractivity contribution is 7.13. The number of rotatable bonds is 11. The lowest BCUT2D eigenvalue weighted by Gasteiger charge is -2.08.